The normalized spacial score (nSPS) is 19.7. The molecule has 0 N–H and O–H groups in total. The van der Waals surface area contributed by atoms with Gasteiger partial charge in [0.05, 0.1) is 22.9 Å². The Morgan fingerprint density at radius 2 is 2.13 bits per heavy atom. The summed E-state index contributed by atoms with van der Waals surface area (Å²) in [7, 11) is 1.83. The Hall–Kier alpha value is -1.93. The summed E-state index contributed by atoms with van der Waals surface area (Å²) in [5.41, 5.74) is 0.899. The highest BCUT2D eigenvalue weighted by atomic mass is 32.1. The van der Waals surface area contributed by atoms with Crippen molar-refractivity contribution in [3.8, 4) is 0 Å². The number of carbonyl (C=O) groups is 1. The molecule has 4 rings (SSSR count). The van der Waals surface area contributed by atoms with Crippen molar-refractivity contribution in [2.75, 3.05) is 38.1 Å². The molecule has 0 saturated carbocycles. The van der Waals surface area contributed by atoms with Crippen LogP contribution in [0.1, 0.15) is 15.9 Å². The third-order valence-corrected chi connectivity index (χ3v) is 5.37. The Bertz CT molecular complexity index is 719. The van der Waals surface area contributed by atoms with E-state index in [4.69, 9.17) is 0 Å². The molecule has 23 heavy (non-hydrogen) atoms. The highest BCUT2D eigenvalue weighted by Crippen LogP contribution is 2.27. The van der Waals surface area contributed by atoms with Crippen molar-refractivity contribution in [2.24, 2.45) is 0 Å². The number of hydrogen-bond acceptors (Lipinski definition) is 5. The van der Waals surface area contributed by atoms with Gasteiger partial charge in [-0.15, -0.1) is 11.3 Å². The molecule has 0 bridgehead atoms. The first-order valence-corrected chi connectivity index (χ1v) is 8.62. The Balaban J connectivity index is 1.35. The van der Waals surface area contributed by atoms with Gasteiger partial charge in [-0.2, -0.15) is 5.10 Å². The summed E-state index contributed by atoms with van der Waals surface area (Å²) >= 11 is 1.76. The molecule has 2 aliphatic heterocycles. The average molecular weight is 332 g/mol. The van der Waals surface area contributed by atoms with Gasteiger partial charge in [-0.05, 0) is 6.92 Å². The van der Waals surface area contributed by atoms with Crippen LogP contribution in [0, 0.1) is 6.92 Å². The van der Waals surface area contributed by atoms with E-state index < -0.39 is 0 Å². The van der Waals surface area contributed by atoms with Gasteiger partial charge in [0.25, 0.3) is 0 Å². The quantitative estimate of drug-likeness (QED) is 0.853. The van der Waals surface area contributed by atoms with Crippen LogP contribution in [-0.4, -0.2) is 63.8 Å². The molecule has 0 aliphatic carbocycles. The molecule has 2 saturated heterocycles. The molecule has 2 aromatic heterocycles. The predicted octanol–water partition coefficient (Wildman–Crippen LogP) is 1.58. The van der Waals surface area contributed by atoms with Gasteiger partial charge in [-0.1, -0.05) is 0 Å². The van der Waals surface area contributed by atoms with Crippen molar-refractivity contribution in [1.29, 1.82) is 0 Å². The lowest BCUT2D eigenvalue weighted by molar-refractivity contribution is 0.0920. The van der Waals surface area contributed by atoms with Crippen LogP contribution in [0.15, 0.2) is 18.6 Å². The lowest BCUT2D eigenvalue weighted by Crippen LogP contribution is -2.47. The first-order chi connectivity index (χ1) is 11.1. The van der Waals surface area contributed by atoms with Crippen LogP contribution in [-0.2, 0) is 6.54 Å². The second-order valence-corrected chi connectivity index (χ2v) is 7.55. The van der Waals surface area contributed by atoms with E-state index in [-0.39, 0.29) is 6.03 Å². The summed E-state index contributed by atoms with van der Waals surface area (Å²) in [5.74, 6) is 0. The number of likely N-dealkylation sites (N-methyl/N-ethyl adjacent to an activating group) is 1. The molecule has 122 valence electrons. The molecule has 0 unspecified atom stereocenters. The largest absolute Gasteiger partial charge is 0.326 e. The zero-order chi connectivity index (χ0) is 16.0. The van der Waals surface area contributed by atoms with E-state index >= 15 is 0 Å². The number of rotatable bonds is 4. The van der Waals surface area contributed by atoms with E-state index in [0.29, 0.717) is 6.04 Å². The zero-order valence-corrected chi connectivity index (χ0v) is 14.2. The lowest BCUT2D eigenvalue weighted by Gasteiger charge is -2.38. The third kappa shape index (κ3) is 2.72. The number of likely N-dealkylation sites (tertiary alicyclic amines) is 1. The van der Waals surface area contributed by atoms with Crippen molar-refractivity contribution >= 4 is 23.1 Å². The Morgan fingerprint density at radius 3 is 2.78 bits per heavy atom. The van der Waals surface area contributed by atoms with Gasteiger partial charge in [0, 0.05) is 57.0 Å². The molecular weight excluding hydrogens is 312 g/mol. The van der Waals surface area contributed by atoms with Gasteiger partial charge in [-0.3, -0.25) is 14.5 Å². The molecule has 2 amide bonds. The molecule has 0 radical (unpaired) electrons. The summed E-state index contributed by atoms with van der Waals surface area (Å²) in [5, 5.41) is 5.58. The van der Waals surface area contributed by atoms with Crippen LogP contribution in [0.2, 0.25) is 0 Å². The van der Waals surface area contributed by atoms with Gasteiger partial charge in [0.15, 0.2) is 0 Å². The van der Waals surface area contributed by atoms with Crippen molar-refractivity contribution in [3.05, 3.63) is 28.5 Å². The molecule has 7 nitrogen and oxygen atoms in total. The lowest BCUT2D eigenvalue weighted by atomic mass is 10.1. The number of aryl methyl sites for hydroxylation is 1. The summed E-state index contributed by atoms with van der Waals surface area (Å²) in [6.45, 7) is 6.50. The van der Waals surface area contributed by atoms with Crippen LogP contribution in [0.25, 0.3) is 0 Å². The standard InChI is InChI=1S/C15H20N6OS/c1-11-16-6-14(23-11)10-19-7-13(8-19)21-9-12(5-17-21)20-4-3-18(2)15(20)22/h5-6,9,13H,3-4,7-8,10H2,1-2H3. The topological polar surface area (TPSA) is 57.5 Å². The van der Waals surface area contributed by atoms with Crippen LogP contribution < -0.4 is 4.90 Å². The minimum Gasteiger partial charge on any atom is -0.326 e. The number of anilines is 1. The predicted molar refractivity (Wildman–Crippen MR) is 88.8 cm³/mol. The van der Waals surface area contributed by atoms with Crippen LogP contribution >= 0.6 is 11.3 Å². The molecule has 0 atom stereocenters. The first kappa shape index (κ1) is 14.6. The molecule has 0 spiro atoms. The van der Waals surface area contributed by atoms with Gasteiger partial charge >= 0.3 is 6.03 Å². The number of thiazole rings is 1. The zero-order valence-electron chi connectivity index (χ0n) is 13.3. The maximum absolute atomic E-state index is 12.0. The summed E-state index contributed by atoms with van der Waals surface area (Å²) in [4.78, 5) is 23.6. The van der Waals surface area contributed by atoms with E-state index in [1.54, 1.807) is 27.3 Å². The molecule has 2 aromatic rings. The van der Waals surface area contributed by atoms with Crippen molar-refractivity contribution in [1.82, 2.24) is 24.6 Å². The third-order valence-electron chi connectivity index (χ3n) is 4.48. The van der Waals surface area contributed by atoms with E-state index in [0.717, 1.165) is 43.4 Å². The van der Waals surface area contributed by atoms with Crippen LogP contribution in [0.4, 0.5) is 10.5 Å². The van der Waals surface area contributed by atoms with E-state index in [2.05, 4.69) is 15.0 Å². The van der Waals surface area contributed by atoms with E-state index in [1.807, 2.05) is 31.0 Å². The number of aromatic nitrogens is 3. The molecule has 4 heterocycles. The molecule has 8 heteroatoms. The van der Waals surface area contributed by atoms with Gasteiger partial charge in [0.2, 0.25) is 0 Å². The fraction of sp³-hybridized carbons (Fsp3) is 0.533. The average Bonchev–Trinajstić information content (AvgIpc) is 3.17. The Morgan fingerprint density at radius 1 is 1.30 bits per heavy atom. The minimum absolute atomic E-state index is 0.0559. The number of carbonyl (C=O) groups excluding carboxylic acids is 1. The number of urea groups is 1. The minimum atomic E-state index is 0.0559. The second kappa shape index (κ2) is 5.61. The maximum Gasteiger partial charge on any atom is 0.324 e. The van der Waals surface area contributed by atoms with E-state index in [1.165, 1.54) is 4.88 Å². The fourth-order valence-electron chi connectivity index (χ4n) is 3.09. The van der Waals surface area contributed by atoms with Crippen LogP contribution in [0.3, 0.4) is 0 Å². The summed E-state index contributed by atoms with van der Waals surface area (Å²) in [6, 6.07) is 0.452. The van der Waals surface area contributed by atoms with Gasteiger partial charge < -0.3 is 4.90 Å². The van der Waals surface area contributed by atoms with Crippen molar-refractivity contribution in [2.45, 2.75) is 19.5 Å². The second-order valence-electron chi connectivity index (χ2n) is 6.23. The summed E-state index contributed by atoms with van der Waals surface area (Å²) in [6.07, 6.45) is 5.76. The fourth-order valence-corrected chi connectivity index (χ4v) is 3.93. The summed E-state index contributed by atoms with van der Waals surface area (Å²) < 4.78 is 2.00. The number of nitrogens with zero attached hydrogens (tertiary/aromatic N) is 6. The number of hydrogen-bond donors (Lipinski definition) is 0. The molecule has 0 aromatic carbocycles. The Labute approximate surface area is 139 Å². The SMILES string of the molecule is Cc1ncc(CN2CC(n3cc(N4CCN(C)C4=O)cn3)C2)s1. The number of amides is 2. The van der Waals surface area contributed by atoms with Gasteiger partial charge in [0.1, 0.15) is 0 Å². The van der Waals surface area contributed by atoms with Crippen molar-refractivity contribution < 1.29 is 4.79 Å². The first-order valence-electron chi connectivity index (χ1n) is 7.80. The molecule has 2 fully saturated rings. The van der Waals surface area contributed by atoms with Crippen LogP contribution in [0.5, 0.6) is 0 Å². The molecular formula is C15H20N6OS. The van der Waals surface area contributed by atoms with Gasteiger partial charge in [-0.25, -0.2) is 9.78 Å². The monoisotopic (exact) mass is 332 g/mol. The van der Waals surface area contributed by atoms with E-state index in [9.17, 15) is 4.79 Å². The van der Waals surface area contributed by atoms with Crippen molar-refractivity contribution in [3.63, 3.8) is 0 Å². The highest BCUT2D eigenvalue weighted by Gasteiger charge is 2.31. The highest BCUT2D eigenvalue weighted by molar-refractivity contribution is 7.11. The molecule has 2 aliphatic rings. The maximum atomic E-state index is 12.0. The smallest absolute Gasteiger partial charge is 0.324 e. The Kier molecular flexibility index (Phi) is 3.57.